The van der Waals surface area contributed by atoms with E-state index in [1.165, 1.54) is 24.8 Å². The first kappa shape index (κ1) is 16.8. The van der Waals surface area contributed by atoms with Gasteiger partial charge < -0.3 is 15.2 Å². The molecule has 0 aliphatic carbocycles. The number of carbonyl (C=O) groups is 1. The van der Waals surface area contributed by atoms with E-state index in [2.05, 4.69) is 11.0 Å². The molecule has 0 aromatic heterocycles. The van der Waals surface area contributed by atoms with Crippen LogP contribution in [0, 0.1) is 0 Å². The number of piperidine rings is 1. The van der Waals surface area contributed by atoms with E-state index < -0.39 is 5.91 Å². The first-order valence-corrected chi connectivity index (χ1v) is 7.92. The number of amides is 1. The highest BCUT2D eigenvalue weighted by molar-refractivity contribution is 5.75. The van der Waals surface area contributed by atoms with Gasteiger partial charge in [0.05, 0.1) is 0 Å². The summed E-state index contributed by atoms with van der Waals surface area (Å²) in [6, 6.07) is 8.48. The molecule has 2 N–H and O–H groups in total. The molecule has 1 unspecified atom stereocenters. The van der Waals surface area contributed by atoms with Gasteiger partial charge in [0, 0.05) is 26.3 Å². The van der Waals surface area contributed by atoms with Crippen LogP contribution in [0.25, 0.3) is 0 Å². The monoisotopic (exact) mass is 306 g/mol. The van der Waals surface area contributed by atoms with Gasteiger partial charge in [-0.2, -0.15) is 0 Å². The Morgan fingerprint density at radius 3 is 3.05 bits per heavy atom. The predicted molar refractivity (Wildman–Crippen MR) is 85.7 cm³/mol. The largest absolute Gasteiger partial charge is 0.484 e. The molecule has 0 bridgehead atoms. The topological polar surface area (TPSA) is 64.8 Å². The number of nitrogens with zero attached hydrogens (tertiary/aromatic N) is 1. The Bertz CT molecular complexity index is 479. The Kier molecular flexibility index (Phi) is 6.68. The van der Waals surface area contributed by atoms with Gasteiger partial charge in [0.2, 0.25) is 0 Å². The zero-order chi connectivity index (χ0) is 15.8. The number of hydrogen-bond acceptors (Lipinski definition) is 4. The average molecular weight is 306 g/mol. The molecule has 2 rings (SSSR count). The number of methoxy groups -OCH3 is 1. The van der Waals surface area contributed by atoms with Crippen molar-refractivity contribution in [1.29, 1.82) is 0 Å². The van der Waals surface area contributed by atoms with E-state index in [4.69, 9.17) is 15.2 Å². The second-order valence-electron chi connectivity index (χ2n) is 5.80. The van der Waals surface area contributed by atoms with Crippen LogP contribution >= 0.6 is 0 Å². The number of benzene rings is 1. The van der Waals surface area contributed by atoms with Gasteiger partial charge in [0.1, 0.15) is 5.75 Å². The third kappa shape index (κ3) is 5.31. The third-order valence-corrected chi connectivity index (χ3v) is 4.07. The van der Waals surface area contributed by atoms with Crippen LogP contribution in [0.2, 0.25) is 0 Å². The molecule has 5 nitrogen and oxygen atoms in total. The van der Waals surface area contributed by atoms with Crippen molar-refractivity contribution in [2.75, 3.05) is 26.9 Å². The fourth-order valence-electron chi connectivity index (χ4n) is 2.97. The number of hydrogen-bond donors (Lipinski definition) is 1. The minimum Gasteiger partial charge on any atom is -0.484 e. The molecule has 1 heterocycles. The van der Waals surface area contributed by atoms with Gasteiger partial charge in [-0.25, -0.2) is 0 Å². The molecule has 1 aliphatic rings. The fraction of sp³-hybridized carbons (Fsp3) is 0.588. The lowest BCUT2D eigenvalue weighted by Gasteiger charge is -2.35. The first-order valence-electron chi connectivity index (χ1n) is 7.92. The van der Waals surface area contributed by atoms with Gasteiger partial charge >= 0.3 is 0 Å². The molecular formula is C17H26N2O3. The lowest BCUT2D eigenvalue weighted by atomic mass is 9.99. The molecule has 1 saturated heterocycles. The van der Waals surface area contributed by atoms with Crippen LogP contribution < -0.4 is 10.5 Å². The second-order valence-corrected chi connectivity index (χ2v) is 5.80. The van der Waals surface area contributed by atoms with Crippen molar-refractivity contribution >= 4 is 5.91 Å². The van der Waals surface area contributed by atoms with Crippen LogP contribution in [0.5, 0.6) is 5.75 Å². The van der Waals surface area contributed by atoms with Crippen LogP contribution in [0.15, 0.2) is 24.3 Å². The van der Waals surface area contributed by atoms with Crippen molar-refractivity contribution in [2.24, 2.45) is 5.73 Å². The number of primary amides is 1. The summed E-state index contributed by atoms with van der Waals surface area (Å²) in [5.74, 6) is 0.239. The van der Waals surface area contributed by atoms with E-state index in [1.54, 1.807) is 7.11 Å². The Balaban J connectivity index is 1.95. The maximum atomic E-state index is 10.8. The van der Waals surface area contributed by atoms with Crippen molar-refractivity contribution in [2.45, 2.75) is 38.3 Å². The molecule has 1 aliphatic heterocycles. The Hall–Kier alpha value is -1.59. The fourth-order valence-corrected chi connectivity index (χ4v) is 2.97. The smallest absolute Gasteiger partial charge is 0.255 e. The zero-order valence-corrected chi connectivity index (χ0v) is 13.3. The number of likely N-dealkylation sites (tertiary alicyclic amines) is 1. The molecule has 22 heavy (non-hydrogen) atoms. The molecule has 0 saturated carbocycles. The van der Waals surface area contributed by atoms with Crippen molar-refractivity contribution in [3.05, 3.63) is 29.8 Å². The summed E-state index contributed by atoms with van der Waals surface area (Å²) >= 11 is 0. The summed E-state index contributed by atoms with van der Waals surface area (Å²) in [4.78, 5) is 13.3. The van der Waals surface area contributed by atoms with Gasteiger partial charge in [-0.3, -0.25) is 9.69 Å². The molecular weight excluding hydrogens is 280 g/mol. The van der Waals surface area contributed by atoms with Gasteiger partial charge in [-0.05, 0) is 43.5 Å². The van der Waals surface area contributed by atoms with Crippen molar-refractivity contribution in [3.8, 4) is 5.75 Å². The van der Waals surface area contributed by atoms with Crippen LogP contribution in [-0.4, -0.2) is 43.7 Å². The third-order valence-electron chi connectivity index (χ3n) is 4.07. The van der Waals surface area contributed by atoms with Crippen molar-refractivity contribution < 1.29 is 14.3 Å². The van der Waals surface area contributed by atoms with Crippen LogP contribution in [0.1, 0.15) is 31.2 Å². The average Bonchev–Trinajstić information content (AvgIpc) is 2.52. The van der Waals surface area contributed by atoms with E-state index in [1.807, 2.05) is 18.2 Å². The standard InChI is InChI=1S/C17H26N2O3/c1-21-10-8-15-6-2-3-9-19(15)12-14-5-4-7-16(11-14)22-13-17(18)20/h4-5,7,11,15H,2-3,6,8-10,12-13H2,1H3,(H2,18,20). The van der Waals surface area contributed by atoms with E-state index in [9.17, 15) is 4.79 Å². The van der Waals surface area contributed by atoms with E-state index in [0.717, 1.165) is 26.1 Å². The predicted octanol–water partition coefficient (Wildman–Crippen LogP) is 1.94. The van der Waals surface area contributed by atoms with Gasteiger partial charge in [-0.1, -0.05) is 18.6 Å². The van der Waals surface area contributed by atoms with Crippen LogP contribution in [-0.2, 0) is 16.1 Å². The summed E-state index contributed by atoms with van der Waals surface area (Å²) < 4.78 is 10.6. The van der Waals surface area contributed by atoms with E-state index in [-0.39, 0.29) is 6.61 Å². The lowest BCUT2D eigenvalue weighted by molar-refractivity contribution is -0.119. The van der Waals surface area contributed by atoms with Gasteiger partial charge in [-0.15, -0.1) is 0 Å². The minimum atomic E-state index is -0.457. The molecule has 0 radical (unpaired) electrons. The number of rotatable bonds is 8. The lowest BCUT2D eigenvalue weighted by Crippen LogP contribution is -2.39. The molecule has 1 aromatic carbocycles. The zero-order valence-electron chi connectivity index (χ0n) is 13.3. The SMILES string of the molecule is COCCC1CCCCN1Cc1cccc(OCC(N)=O)c1. The highest BCUT2D eigenvalue weighted by Gasteiger charge is 2.22. The summed E-state index contributed by atoms with van der Waals surface area (Å²) in [7, 11) is 1.76. The molecule has 122 valence electrons. The Labute approximate surface area is 132 Å². The normalized spacial score (nSPS) is 19.0. The van der Waals surface area contributed by atoms with Crippen molar-refractivity contribution in [1.82, 2.24) is 4.90 Å². The highest BCUT2D eigenvalue weighted by Crippen LogP contribution is 2.23. The number of carbonyl (C=O) groups excluding carboxylic acids is 1. The quantitative estimate of drug-likeness (QED) is 0.797. The molecule has 1 aromatic rings. The van der Waals surface area contributed by atoms with Crippen molar-refractivity contribution in [3.63, 3.8) is 0 Å². The number of nitrogens with two attached hydrogens (primary N) is 1. The minimum absolute atomic E-state index is 0.0797. The van der Waals surface area contributed by atoms with Crippen LogP contribution in [0.3, 0.4) is 0 Å². The van der Waals surface area contributed by atoms with Gasteiger partial charge in [0.25, 0.3) is 5.91 Å². The molecule has 1 atom stereocenters. The summed E-state index contributed by atoms with van der Waals surface area (Å²) in [6.07, 6.45) is 4.86. The Morgan fingerprint density at radius 1 is 1.41 bits per heavy atom. The van der Waals surface area contributed by atoms with E-state index in [0.29, 0.717) is 11.8 Å². The second kappa shape index (κ2) is 8.76. The molecule has 1 amide bonds. The molecule has 0 spiro atoms. The summed E-state index contributed by atoms with van der Waals surface area (Å²) in [6.45, 7) is 2.76. The number of ether oxygens (including phenoxy) is 2. The first-order chi connectivity index (χ1) is 10.7. The highest BCUT2D eigenvalue weighted by atomic mass is 16.5. The summed E-state index contributed by atoms with van der Waals surface area (Å²) in [5, 5.41) is 0. The molecule has 1 fully saturated rings. The van der Waals surface area contributed by atoms with Gasteiger partial charge in [0.15, 0.2) is 6.61 Å². The molecule has 5 heteroatoms. The summed E-state index contributed by atoms with van der Waals surface area (Å²) in [5.41, 5.74) is 6.31. The maximum absolute atomic E-state index is 10.8. The van der Waals surface area contributed by atoms with Crippen LogP contribution in [0.4, 0.5) is 0 Å². The van der Waals surface area contributed by atoms with E-state index >= 15 is 0 Å². The maximum Gasteiger partial charge on any atom is 0.255 e. The Morgan fingerprint density at radius 2 is 2.27 bits per heavy atom.